The summed E-state index contributed by atoms with van der Waals surface area (Å²) in [5, 5.41) is 0. The largest absolute Gasteiger partial charge is 0.328 e. The number of aromatic nitrogens is 2. The van der Waals surface area contributed by atoms with Crippen molar-refractivity contribution < 1.29 is 8.42 Å². The lowest BCUT2D eigenvalue weighted by molar-refractivity contribution is 0.144. The summed E-state index contributed by atoms with van der Waals surface area (Å²) >= 11 is 0. The third-order valence-corrected chi connectivity index (χ3v) is 5.51. The molecule has 1 N–H and O–H groups in total. The minimum absolute atomic E-state index is 0.129. The molecular formula is C15H26N4O2S. The zero-order chi connectivity index (χ0) is 15.6. The van der Waals surface area contributed by atoms with Gasteiger partial charge in [0.05, 0.1) is 24.3 Å². The molecule has 2 aliphatic rings. The highest BCUT2D eigenvalue weighted by Gasteiger charge is 2.27. The van der Waals surface area contributed by atoms with Gasteiger partial charge in [-0.3, -0.25) is 4.90 Å². The molecule has 7 heteroatoms. The number of rotatable bonds is 5. The van der Waals surface area contributed by atoms with E-state index in [9.17, 15) is 8.42 Å². The van der Waals surface area contributed by atoms with E-state index < -0.39 is 10.0 Å². The van der Waals surface area contributed by atoms with Crippen LogP contribution >= 0.6 is 0 Å². The number of imidazole rings is 1. The van der Waals surface area contributed by atoms with Gasteiger partial charge in [0.15, 0.2) is 0 Å². The summed E-state index contributed by atoms with van der Waals surface area (Å²) in [5.74, 6) is 0.798. The molecule has 1 saturated carbocycles. The van der Waals surface area contributed by atoms with Crippen LogP contribution in [-0.2, 0) is 16.6 Å². The van der Waals surface area contributed by atoms with Crippen molar-refractivity contribution in [3.63, 3.8) is 0 Å². The second-order valence-corrected chi connectivity index (χ2v) is 8.60. The van der Waals surface area contributed by atoms with Crippen LogP contribution in [0.25, 0.3) is 0 Å². The van der Waals surface area contributed by atoms with Gasteiger partial charge in [0, 0.05) is 32.4 Å². The van der Waals surface area contributed by atoms with Crippen molar-refractivity contribution >= 4 is 10.0 Å². The fourth-order valence-electron chi connectivity index (χ4n) is 3.75. The van der Waals surface area contributed by atoms with Crippen molar-refractivity contribution in [1.82, 2.24) is 19.2 Å². The molecule has 0 bridgehead atoms. The maximum atomic E-state index is 11.4. The van der Waals surface area contributed by atoms with E-state index in [-0.39, 0.29) is 6.04 Å². The molecule has 1 aliphatic carbocycles. The summed E-state index contributed by atoms with van der Waals surface area (Å²) in [7, 11) is -3.16. The van der Waals surface area contributed by atoms with Crippen molar-refractivity contribution in [3.8, 4) is 0 Å². The Kier molecular flexibility index (Phi) is 4.84. The molecule has 1 aliphatic heterocycles. The molecule has 0 aromatic carbocycles. The molecule has 1 fully saturated rings. The predicted molar refractivity (Wildman–Crippen MR) is 86.0 cm³/mol. The van der Waals surface area contributed by atoms with Crippen LogP contribution in [0.15, 0.2) is 12.5 Å². The first kappa shape index (κ1) is 16.0. The van der Waals surface area contributed by atoms with Crippen molar-refractivity contribution in [2.24, 2.45) is 5.92 Å². The molecule has 0 saturated heterocycles. The maximum Gasteiger partial charge on any atom is 0.208 e. The lowest BCUT2D eigenvalue weighted by Gasteiger charge is -2.37. The third-order valence-electron chi connectivity index (χ3n) is 4.82. The van der Waals surface area contributed by atoms with E-state index in [2.05, 4.69) is 19.2 Å². The monoisotopic (exact) mass is 326 g/mol. The number of hydrogen-bond acceptors (Lipinski definition) is 4. The van der Waals surface area contributed by atoms with Crippen LogP contribution in [0, 0.1) is 5.92 Å². The Labute approximate surface area is 133 Å². The average Bonchev–Trinajstić information content (AvgIpc) is 2.93. The van der Waals surface area contributed by atoms with Gasteiger partial charge in [-0.15, -0.1) is 0 Å². The Hall–Kier alpha value is -0.920. The molecule has 124 valence electrons. The summed E-state index contributed by atoms with van der Waals surface area (Å²) in [5.41, 5.74) is 1.18. The molecule has 2 heterocycles. The maximum absolute atomic E-state index is 11.4. The number of fused-ring (bicyclic) bond motifs is 1. The number of hydrogen-bond donors (Lipinski definition) is 1. The second-order valence-electron chi connectivity index (χ2n) is 6.76. The molecular weight excluding hydrogens is 300 g/mol. The Bertz CT molecular complexity index is 592. The molecule has 1 aromatic rings. The van der Waals surface area contributed by atoms with Crippen LogP contribution in [0.3, 0.4) is 0 Å². The van der Waals surface area contributed by atoms with Crippen LogP contribution in [-0.4, -0.2) is 48.8 Å². The topological polar surface area (TPSA) is 67.2 Å². The van der Waals surface area contributed by atoms with Gasteiger partial charge in [0.1, 0.15) is 0 Å². The first-order chi connectivity index (χ1) is 10.5. The fourth-order valence-corrected chi connectivity index (χ4v) is 4.24. The molecule has 6 nitrogen and oxygen atoms in total. The highest BCUT2D eigenvalue weighted by atomic mass is 32.2. The van der Waals surface area contributed by atoms with E-state index in [1.54, 1.807) is 0 Å². The number of sulfonamides is 1. The van der Waals surface area contributed by atoms with E-state index in [1.807, 2.05) is 12.5 Å². The minimum atomic E-state index is -3.16. The lowest BCUT2D eigenvalue weighted by Crippen LogP contribution is -2.43. The summed E-state index contributed by atoms with van der Waals surface area (Å²) in [6.45, 7) is 3.37. The van der Waals surface area contributed by atoms with Gasteiger partial charge in [0.25, 0.3) is 0 Å². The Morgan fingerprint density at radius 3 is 2.82 bits per heavy atom. The van der Waals surface area contributed by atoms with Gasteiger partial charge >= 0.3 is 0 Å². The number of nitrogens with one attached hydrogen (secondary N) is 1. The van der Waals surface area contributed by atoms with Crippen LogP contribution < -0.4 is 4.72 Å². The first-order valence-electron chi connectivity index (χ1n) is 8.19. The molecule has 1 unspecified atom stereocenters. The smallest absolute Gasteiger partial charge is 0.208 e. The summed E-state index contributed by atoms with van der Waals surface area (Å²) < 4.78 is 27.5. The van der Waals surface area contributed by atoms with Crippen LogP contribution in [0.5, 0.6) is 0 Å². The average molecular weight is 326 g/mol. The van der Waals surface area contributed by atoms with Gasteiger partial charge < -0.3 is 4.57 Å². The van der Waals surface area contributed by atoms with E-state index >= 15 is 0 Å². The van der Waals surface area contributed by atoms with Crippen molar-refractivity contribution in [2.75, 3.05) is 25.9 Å². The molecule has 1 atom stereocenters. The van der Waals surface area contributed by atoms with Crippen LogP contribution in [0.2, 0.25) is 0 Å². The molecule has 0 spiro atoms. The van der Waals surface area contributed by atoms with Gasteiger partial charge in [0.2, 0.25) is 10.0 Å². The van der Waals surface area contributed by atoms with Gasteiger partial charge in [-0.1, -0.05) is 19.3 Å². The van der Waals surface area contributed by atoms with Gasteiger partial charge in [-0.05, 0) is 18.8 Å². The standard InChI is InChI=1S/C15H26N4O2S/c1-22(20,21)17-8-15-11-18(9-13-5-3-2-4-6-13)10-14-7-16-12-19(14)15/h7,12-13,15,17H,2-6,8-11H2,1H3. The van der Waals surface area contributed by atoms with E-state index in [4.69, 9.17) is 0 Å². The van der Waals surface area contributed by atoms with Crippen LogP contribution in [0.4, 0.5) is 0 Å². The highest BCUT2D eigenvalue weighted by molar-refractivity contribution is 7.88. The van der Waals surface area contributed by atoms with E-state index in [0.29, 0.717) is 6.54 Å². The molecule has 0 radical (unpaired) electrons. The van der Waals surface area contributed by atoms with E-state index in [0.717, 1.165) is 25.6 Å². The Balaban J connectivity index is 1.65. The van der Waals surface area contributed by atoms with Crippen molar-refractivity contribution in [3.05, 3.63) is 18.2 Å². The minimum Gasteiger partial charge on any atom is -0.328 e. The molecule has 1 aromatic heterocycles. The number of nitrogens with zero attached hydrogens (tertiary/aromatic N) is 3. The normalized spacial score (nSPS) is 24.3. The SMILES string of the molecule is CS(=O)(=O)NCC1CN(CC2CCCCC2)Cc2cncn21. The van der Waals surface area contributed by atoms with Gasteiger partial charge in [-0.2, -0.15) is 0 Å². The summed E-state index contributed by atoms with van der Waals surface area (Å²) in [6, 6.07) is 0.129. The second kappa shape index (κ2) is 6.68. The zero-order valence-electron chi connectivity index (χ0n) is 13.2. The third kappa shape index (κ3) is 4.08. The fraction of sp³-hybridized carbons (Fsp3) is 0.800. The van der Waals surface area contributed by atoms with E-state index in [1.165, 1.54) is 44.1 Å². The first-order valence-corrected chi connectivity index (χ1v) is 10.1. The lowest BCUT2D eigenvalue weighted by atomic mass is 9.88. The molecule has 3 rings (SSSR count). The molecule has 0 amide bonds. The molecule has 22 heavy (non-hydrogen) atoms. The van der Waals surface area contributed by atoms with Crippen molar-refractivity contribution in [2.45, 2.75) is 44.7 Å². The quantitative estimate of drug-likeness (QED) is 0.887. The zero-order valence-corrected chi connectivity index (χ0v) is 14.1. The Morgan fingerprint density at radius 1 is 1.32 bits per heavy atom. The predicted octanol–water partition coefficient (Wildman–Crippen LogP) is 1.37. The summed E-state index contributed by atoms with van der Waals surface area (Å²) in [6.07, 6.45) is 11.7. The van der Waals surface area contributed by atoms with Crippen LogP contribution in [0.1, 0.15) is 43.8 Å². The summed E-state index contributed by atoms with van der Waals surface area (Å²) in [4.78, 5) is 6.71. The highest BCUT2D eigenvalue weighted by Crippen LogP contribution is 2.27. The van der Waals surface area contributed by atoms with Crippen molar-refractivity contribution in [1.29, 1.82) is 0 Å². The Morgan fingerprint density at radius 2 is 2.09 bits per heavy atom. The van der Waals surface area contributed by atoms with Gasteiger partial charge in [-0.25, -0.2) is 18.1 Å².